The molecule has 0 amide bonds. The van der Waals surface area contributed by atoms with Gasteiger partial charge in [-0.15, -0.1) is 0 Å². The maximum Gasteiger partial charge on any atom is 0.397 e. The third kappa shape index (κ3) is 16.8. The summed E-state index contributed by atoms with van der Waals surface area (Å²) >= 11 is 0. The molecule has 0 spiro atoms. The van der Waals surface area contributed by atoms with E-state index in [1.54, 1.807) is 0 Å². The SMILES string of the molecule is N[C@@H]1[C@@H](OS(=O)(=O)O)[C@H](O[C@@H]2O[C@@H](C(=O)O)[C@@H](O[C@H]3O[C@H](CO)[C@@H](O[C@H]4O[C@H](C(=O)O)[C@@H](O[C@H]5O[C@H](COS(=O)(=O)O)[C@@H](O)[C@H](O)[C@H]5NS(=O)(=O)O)[C@H](O)[C@H]4O)[C@H](OS(=O)(=O)O)[C@H]3N)[C@H](O)[C@H]2OS(=O)(=O)O)[C@@H](CO)O[C@@H]1O. The number of carboxylic acid groups (broad SMARTS) is 2. The van der Waals surface area contributed by atoms with Crippen LogP contribution in [0.2, 0.25) is 0 Å². The molecule has 48 heteroatoms. The van der Waals surface area contributed by atoms with E-state index in [4.69, 9.17) is 58.7 Å². The molecular formula is C30H51N3O40S5. The smallest absolute Gasteiger partial charge is 0.397 e. The maximum absolute atomic E-state index is 12.7. The highest BCUT2D eigenvalue weighted by atomic mass is 32.3. The number of aliphatic carboxylic acids is 2. The number of aliphatic hydroxyl groups excluding tert-OH is 8. The molecule has 0 aromatic rings. The molecule has 5 heterocycles. The van der Waals surface area contributed by atoms with Gasteiger partial charge in [0.15, 0.2) is 49.8 Å². The molecule has 5 aliphatic heterocycles. The second-order valence-corrected chi connectivity index (χ2v) is 22.3. The average molecular weight is 1250 g/mol. The average Bonchev–Trinajstić information content (AvgIpc) is 3.29. The van der Waals surface area contributed by atoms with Crippen molar-refractivity contribution in [3.63, 3.8) is 0 Å². The monoisotopic (exact) mass is 1250 g/mol. The summed E-state index contributed by atoms with van der Waals surface area (Å²) in [6.07, 6.45) is -55.9. The van der Waals surface area contributed by atoms with E-state index in [9.17, 15) is 121 Å². The highest BCUT2D eigenvalue weighted by molar-refractivity contribution is 7.83. The maximum atomic E-state index is 12.7. The molecule has 5 fully saturated rings. The fraction of sp³-hybridized carbons (Fsp3) is 0.933. The molecule has 78 heavy (non-hydrogen) atoms. The summed E-state index contributed by atoms with van der Waals surface area (Å²) in [6, 6.07) is -6.93. The van der Waals surface area contributed by atoms with Crippen molar-refractivity contribution in [2.45, 2.75) is 153 Å². The van der Waals surface area contributed by atoms with E-state index >= 15 is 0 Å². The lowest BCUT2D eigenvalue weighted by Crippen LogP contribution is -2.70. The highest BCUT2D eigenvalue weighted by Gasteiger charge is 2.60. The van der Waals surface area contributed by atoms with E-state index in [0.29, 0.717) is 0 Å². The van der Waals surface area contributed by atoms with Crippen molar-refractivity contribution in [3.05, 3.63) is 0 Å². The van der Waals surface area contributed by atoms with Crippen LogP contribution in [0.3, 0.4) is 0 Å². The lowest BCUT2D eigenvalue weighted by Gasteiger charge is -2.50. The molecule has 43 nitrogen and oxygen atoms in total. The first kappa shape index (κ1) is 66.3. The summed E-state index contributed by atoms with van der Waals surface area (Å²) in [5.74, 6) is -4.42. The Balaban J connectivity index is 1.44. The number of rotatable bonds is 23. The number of ether oxygens (including phenoxy) is 9. The fourth-order valence-electron chi connectivity index (χ4n) is 8.22. The van der Waals surface area contributed by atoms with Crippen LogP contribution in [0, 0.1) is 0 Å². The van der Waals surface area contributed by atoms with Crippen molar-refractivity contribution in [2.75, 3.05) is 19.8 Å². The molecule has 25 atom stereocenters. The zero-order valence-corrected chi connectivity index (χ0v) is 42.2. The predicted molar refractivity (Wildman–Crippen MR) is 226 cm³/mol. The Morgan fingerprint density at radius 3 is 1.35 bits per heavy atom. The number of nitrogens with one attached hydrogen (secondary N) is 1. The van der Waals surface area contributed by atoms with E-state index < -0.39 is 237 Å². The zero-order valence-electron chi connectivity index (χ0n) is 38.2. The first-order valence-electron chi connectivity index (χ1n) is 21.1. The van der Waals surface area contributed by atoms with Gasteiger partial charge in [-0.3, -0.25) is 22.8 Å². The molecule has 456 valence electrons. The fourth-order valence-corrected chi connectivity index (χ4v) is 10.6. The molecule has 0 aromatic carbocycles. The Morgan fingerprint density at radius 2 is 0.872 bits per heavy atom. The summed E-state index contributed by atoms with van der Waals surface area (Å²) in [7, 11) is -28.1. The Morgan fingerprint density at radius 1 is 0.449 bits per heavy atom. The number of hydrogen-bond donors (Lipinski definition) is 18. The van der Waals surface area contributed by atoms with Gasteiger partial charge in [-0.25, -0.2) is 26.3 Å². The van der Waals surface area contributed by atoms with E-state index in [0.717, 1.165) is 0 Å². The summed E-state index contributed by atoms with van der Waals surface area (Å²) in [6.45, 7) is -4.15. The molecule has 5 saturated heterocycles. The standard InChI is InChI=1S/C30H51N3O40S5/c31-7-17(71-76(52,53)54)15(4(1-34)62-26(7)45)66-30-21(73-78(58,59)60)14(40)20(23(70-30)25(43)44)67-27-8(32)18(72-77(55,56)57)16(5(2-35)63-27)65-29-13(39)12(38)19(22(69-29)24(41)42)68-28-9(33-74(46,47)48)11(37)10(36)6(64-28)3-61-75(49,50)51/h4-23,26-30,33-40,45H,1-3,31-32H2,(H,41,42)(H,43,44)(H,46,47,48)(H,49,50,51)(H,52,53,54)(H,55,56,57)(H,58,59,60)/t4-,5-,6-,7-,8-,9-,10-,11-,12-,13-,14+,15-,16-,17-,18-,19+,20+,21-,22+,23-,26+,27-,28-,29+,30-/m1/s1. The molecule has 0 saturated carbocycles. The first-order chi connectivity index (χ1) is 35.6. The molecule has 5 aliphatic rings. The Labute approximate surface area is 436 Å². The van der Waals surface area contributed by atoms with Gasteiger partial charge in [0.2, 0.25) is 0 Å². The molecule has 0 aliphatic carbocycles. The molecular weight excluding hydrogens is 1200 g/mol. The Bertz CT molecular complexity index is 2650. The largest absolute Gasteiger partial charge is 0.479 e. The van der Waals surface area contributed by atoms with Crippen molar-refractivity contribution in [2.24, 2.45) is 11.5 Å². The van der Waals surface area contributed by atoms with Crippen molar-refractivity contribution < 1.29 is 185 Å². The van der Waals surface area contributed by atoms with Crippen LogP contribution in [0.15, 0.2) is 0 Å². The molecule has 0 unspecified atom stereocenters. The topological polar surface area (TPSA) is 692 Å². The van der Waals surface area contributed by atoms with Crippen molar-refractivity contribution >= 4 is 63.8 Å². The van der Waals surface area contributed by atoms with Crippen LogP contribution < -0.4 is 16.2 Å². The van der Waals surface area contributed by atoms with Crippen molar-refractivity contribution in [1.82, 2.24) is 4.72 Å². The van der Waals surface area contributed by atoms with Gasteiger partial charge in [-0.05, 0) is 0 Å². The zero-order chi connectivity index (χ0) is 59.1. The normalized spacial score (nSPS) is 42.5. The van der Waals surface area contributed by atoms with Gasteiger partial charge in [-0.1, -0.05) is 0 Å². The second-order valence-electron chi connectivity index (χ2n) is 16.8. The Hall–Kier alpha value is -2.47. The third-order valence-corrected chi connectivity index (χ3v) is 13.9. The highest BCUT2D eigenvalue weighted by Crippen LogP contribution is 2.38. The quantitative estimate of drug-likeness (QED) is 0.0422. The summed E-state index contributed by atoms with van der Waals surface area (Å²) < 4.78 is 232. The summed E-state index contributed by atoms with van der Waals surface area (Å²) in [5.41, 5.74) is 11.9. The molecule has 0 bridgehead atoms. The lowest BCUT2D eigenvalue weighted by molar-refractivity contribution is -0.372. The van der Waals surface area contributed by atoms with E-state index in [1.165, 1.54) is 4.72 Å². The molecule has 5 rings (SSSR count). The number of carboxylic acids is 2. The van der Waals surface area contributed by atoms with Crippen LogP contribution in [0.4, 0.5) is 0 Å². The van der Waals surface area contributed by atoms with Gasteiger partial charge in [0, 0.05) is 0 Å². The van der Waals surface area contributed by atoms with Gasteiger partial charge in [0.05, 0.1) is 31.9 Å². The third-order valence-electron chi connectivity index (χ3n) is 11.5. The van der Waals surface area contributed by atoms with Crippen LogP contribution in [-0.2, 0) is 121 Å². The van der Waals surface area contributed by atoms with Crippen LogP contribution in [0.1, 0.15) is 0 Å². The van der Waals surface area contributed by atoms with Crippen LogP contribution in [0.25, 0.3) is 0 Å². The number of nitrogens with two attached hydrogens (primary N) is 2. The summed E-state index contributed by atoms with van der Waals surface area (Å²) in [5, 5.41) is 106. The van der Waals surface area contributed by atoms with Gasteiger partial charge in [0.25, 0.3) is 0 Å². The van der Waals surface area contributed by atoms with Crippen LogP contribution in [0.5, 0.6) is 0 Å². The van der Waals surface area contributed by atoms with Crippen LogP contribution in [-0.4, -0.2) is 301 Å². The van der Waals surface area contributed by atoms with E-state index in [1.807, 2.05) is 0 Å². The minimum absolute atomic E-state index is 1.27. The predicted octanol–water partition coefficient (Wildman–Crippen LogP) is -13.1. The number of hydrogen-bond acceptors (Lipinski definition) is 35. The van der Waals surface area contributed by atoms with Crippen molar-refractivity contribution in [1.29, 1.82) is 0 Å². The van der Waals surface area contributed by atoms with Crippen LogP contribution >= 0.6 is 0 Å². The van der Waals surface area contributed by atoms with E-state index in [2.05, 4.69) is 16.7 Å². The van der Waals surface area contributed by atoms with E-state index in [-0.39, 0.29) is 0 Å². The molecule has 0 radical (unpaired) electrons. The number of aliphatic hydroxyl groups is 8. The van der Waals surface area contributed by atoms with Gasteiger partial charge >= 0.3 is 63.8 Å². The summed E-state index contributed by atoms with van der Waals surface area (Å²) in [4.78, 5) is 25.3. The van der Waals surface area contributed by atoms with Crippen molar-refractivity contribution in [3.8, 4) is 0 Å². The molecule has 0 aromatic heterocycles. The molecule has 20 N–H and O–H groups in total. The second kappa shape index (κ2) is 25.6. The van der Waals surface area contributed by atoms with Gasteiger partial charge in [0.1, 0.15) is 91.5 Å². The number of carbonyl (C=O) groups is 2. The Kier molecular flexibility index (Phi) is 21.7. The lowest BCUT2D eigenvalue weighted by atomic mass is 9.94. The first-order valence-corrected chi connectivity index (χ1v) is 28.1. The minimum atomic E-state index is -5.87. The van der Waals surface area contributed by atoms with Gasteiger partial charge < -0.3 is 105 Å². The minimum Gasteiger partial charge on any atom is -0.479 e. The van der Waals surface area contributed by atoms with Gasteiger partial charge in [-0.2, -0.15) is 46.8 Å².